The largest absolute Gasteiger partial charge is 0.557 e. The van der Waals surface area contributed by atoms with E-state index in [-0.39, 0.29) is 5.88 Å². The smallest absolute Gasteiger partial charge is 0.480 e. The summed E-state index contributed by atoms with van der Waals surface area (Å²) in [4.78, 5) is 10.3. The van der Waals surface area contributed by atoms with E-state index in [1.54, 1.807) is 0 Å². The number of hydrogen-bond acceptors (Lipinski definition) is 2. The van der Waals surface area contributed by atoms with Crippen molar-refractivity contribution < 1.29 is 9.22 Å². The third-order valence-electron chi connectivity index (χ3n) is 0.339. The van der Waals surface area contributed by atoms with Crippen molar-refractivity contribution in [3.63, 3.8) is 0 Å². The van der Waals surface area contributed by atoms with E-state index in [1.165, 1.54) is 0 Å². The predicted octanol–water partition coefficient (Wildman–Crippen LogP) is 1.92. The molecule has 0 aliphatic carbocycles. The Hall–Kier alpha value is 0.847. The SMILES string of the molecule is O=C(CCl)O[Si](Cl)(Cl)Cl. The molecule has 9 heavy (non-hydrogen) atoms. The third-order valence-corrected chi connectivity index (χ3v) is 1.71. The molecule has 0 amide bonds. The Labute approximate surface area is 72.2 Å². The normalized spacial score (nSPS) is 11.1. The summed E-state index contributed by atoms with van der Waals surface area (Å²) in [5, 5.41) is 0. The molecule has 0 aromatic carbocycles. The minimum atomic E-state index is -3.26. The van der Waals surface area contributed by atoms with Crippen LogP contribution in [0.25, 0.3) is 0 Å². The van der Waals surface area contributed by atoms with Crippen LogP contribution in [0.1, 0.15) is 0 Å². The highest BCUT2D eigenvalue weighted by molar-refractivity contribution is 7.62. The minimum Gasteiger partial charge on any atom is -0.480 e. The van der Waals surface area contributed by atoms with Gasteiger partial charge in [0.25, 0.3) is 0 Å². The van der Waals surface area contributed by atoms with Crippen molar-refractivity contribution in [2.75, 3.05) is 5.88 Å². The molecule has 54 valence electrons. The van der Waals surface area contributed by atoms with E-state index in [4.69, 9.17) is 44.8 Å². The molecule has 0 unspecified atom stereocenters. The first kappa shape index (κ1) is 9.85. The van der Waals surface area contributed by atoms with Crippen LogP contribution < -0.4 is 0 Å². The molecule has 0 spiro atoms. The average Bonchev–Trinajstić information content (AvgIpc) is 1.62. The second-order valence-corrected chi connectivity index (χ2v) is 8.95. The predicted molar refractivity (Wildman–Crippen MR) is 40.1 cm³/mol. The zero-order valence-corrected chi connectivity index (χ0v) is 8.06. The van der Waals surface area contributed by atoms with Gasteiger partial charge in [-0.1, -0.05) is 33.2 Å². The highest BCUT2D eigenvalue weighted by atomic mass is 35.8. The first-order valence-electron chi connectivity index (χ1n) is 1.80. The van der Waals surface area contributed by atoms with Crippen LogP contribution in [0.4, 0.5) is 0 Å². The number of carbonyl (C=O) groups is 1. The summed E-state index contributed by atoms with van der Waals surface area (Å²) >= 11 is 20.6. The zero-order chi connectivity index (χ0) is 7.49. The van der Waals surface area contributed by atoms with Gasteiger partial charge >= 0.3 is 12.2 Å². The fourth-order valence-electron chi connectivity index (χ4n) is 0.156. The van der Waals surface area contributed by atoms with E-state index in [0.717, 1.165) is 0 Å². The maximum atomic E-state index is 10.3. The molecule has 0 aromatic rings. The van der Waals surface area contributed by atoms with E-state index in [2.05, 4.69) is 4.43 Å². The van der Waals surface area contributed by atoms with Crippen molar-refractivity contribution in [2.45, 2.75) is 0 Å². The lowest BCUT2D eigenvalue weighted by molar-refractivity contribution is -0.131. The minimum absolute atomic E-state index is 0.291. The maximum Gasteiger partial charge on any atom is 0.557 e. The number of hydrogen-bond donors (Lipinski definition) is 0. The van der Waals surface area contributed by atoms with Crippen LogP contribution in [0, 0.1) is 0 Å². The van der Waals surface area contributed by atoms with Gasteiger partial charge in [0.1, 0.15) is 5.88 Å². The van der Waals surface area contributed by atoms with Gasteiger partial charge in [0.05, 0.1) is 0 Å². The fourth-order valence-corrected chi connectivity index (χ4v) is 1.41. The molecule has 0 atom stereocenters. The van der Waals surface area contributed by atoms with Gasteiger partial charge in [0.2, 0.25) is 0 Å². The summed E-state index contributed by atoms with van der Waals surface area (Å²) in [6, 6.07) is 0. The van der Waals surface area contributed by atoms with E-state index >= 15 is 0 Å². The van der Waals surface area contributed by atoms with Crippen molar-refractivity contribution >= 4 is 57.1 Å². The van der Waals surface area contributed by atoms with Gasteiger partial charge in [0.15, 0.2) is 0 Å². The molecule has 2 nitrogen and oxygen atoms in total. The highest BCUT2D eigenvalue weighted by Crippen LogP contribution is 2.20. The zero-order valence-electron chi connectivity index (χ0n) is 4.04. The lowest BCUT2D eigenvalue weighted by Crippen LogP contribution is -2.22. The van der Waals surface area contributed by atoms with Crippen LogP contribution in [0.3, 0.4) is 0 Å². The quantitative estimate of drug-likeness (QED) is 0.410. The summed E-state index contributed by atoms with van der Waals surface area (Å²) in [5.41, 5.74) is 0. The summed E-state index contributed by atoms with van der Waals surface area (Å²) in [6.45, 7) is 0. The molecule has 0 heterocycles. The van der Waals surface area contributed by atoms with Gasteiger partial charge < -0.3 is 4.43 Å². The Morgan fingerprint density at radius 3 is 2.00 bits per heavy atom. The number of alkyl halides is 1. The molecule has 0 bridgehead atoms. The maximum absolute atomic E-state index is 10.3. The molecule has 0 saturated carbocycles. The summed E-state index contributed by atoms with van der Waals surface area (Å²) in [5.74, 6) is -0.996. The Bertz CT molecular complexity index is 110. The molecule has 0 fully saturated rings. The Morgan fingerprint density at radius 1 is 1.44 bits per heavy atom. The molecule has 0 aliphatic rings. The van der Waals surface area contributed by atoms with Crippen LogP contribution in [0.5, 0.6) is 0 Å². The molecule has 0 aromatic heterocycles. The van der Waals surface area contributed by atoms with Gasteiger partial charge in [-0.15, -0.1) is 11.6 Å². The van der Waals surface area contributed by atoms with Crippen molar-refractivity contribution in [3.05, 3.63) is 0 Å². The van der Waals surface area contributed by atoms with E-state index in [1.807, 2.05) is 0 Å². The molecule has 0 rings (SSSR count). The van der Waals surface area contributed by atoms with Crippen LogP contribution in [-0.2, 0) is 9.22 Å². The Kier molecular flexibility index (Phi) is 4.25. The van der Waals surface area contributed by atoms with E-state index in [0.29, 0.717) is 0 Å². The average molecular weight is 228 g/mol. The van der Waals surface area contributed by atoms with Crippen LogP contribution in [0.2, 0.25) is 0 Å². The summed E-state index contributed by atoms with van der Waals surface area (Å²) < 4.78 is 4.25. The third kappa shape index (κ3) is 6.74. The van der Waals surface area contributed by atoms with E-state index < -0.39 is 12.2 Å². The molecular weight excluding hydrogens is 226 g/mol. The molecular formula is C2H2Cl4O2Si. The van der Waals surface area contributed by atoms with Crippen LogP contribution in [-0.4, -0.2) is 18.1 Å². The van der Waals surface area contributed by atoms with Crippen molar-refractivity contribution in [1.29, 1.82) is 0 Å². The standard InChI is InChI=1S/C2H2Cl4O2Si/c3-1-2(7)8-9(4,5)6/h1H2. The topological polar surface area (TPSA) is 26.3 Å². The lowest BCUT2D eigenvalue weighted by atomic mass is 10.8. The molecule has 0 aliphatic heterocycles. The number of rotatable bonds is 2. The van der Waals surface area contributed by atoms with Crippen LogP contribution in [0.15, 0.2) is 0 Å². The fraction of sp³-hybridized carbons (Fsp3) is 0.500. The second-order valence-electron chi connectivity index (χ2n) is 1.05. The van der Waals surface area contributed by atoms with Gasteiger partial charge in [-0.05, 0) is 0 Å². The second kappa shape index (κ2) is 3.88. The number of halogens is 4. The molecule has 0 radical (unpaired) electrons. The van der Waals surface area contributed by atoms with Gasteiger partial charge in [0, 0.05) is 0 Å². The summed E-state index contributed by atoms with van der Waals surface area (Å²) in [7, 11) is 0. The van der Waals surface area contributed by atoms with Crippen molar-refractivity contribution in [2.24, 2.45) is 0 Å². The van der Waals surface area contributed by atoms with Crippen LogP contribution >= 0.6 is 44.8 Å². The molecule has 0 saturated heterocycles. The van der Waals surface area contributed by atoms with Gasteiger partial charge in [-0.3, -0.25) is 4.79 Å². The molecule has 7 heteroatoms. The first-order valence-corrected chi connectivity index (χ1v) is 7.28. The van der Waals surface area contributed by atoms with Gasteiger partial charge in [-0.2, -0.15) is 0 Å². The highest BCUT2D eigenvalue weighted by Gasteiger charge is 2.32. The number of carbonyl (C=O) groups excluding carboxylic acids is 1. The van der Waals surface area contributed by atoms with Crippen molar-refractivity contribution in [1.82, 2.24) is 0 Å². The first-order chi connectivity index (χ1) is 3.95. The lowest BCUT2D eigenvalue weighted by Gasteiger charge is -2.06. The molecule has 0 N–H and O–H groups in total. The summed E-state index contributed by atoms with van der Waals surface area (Å²) in [6.07, 6.45) is -3.26. The van der Waals surface area contributed by atoms with Gasteiger partial charge in [-0.25, -0.2) is 0 Å². The van der Waals surface area contributed by atoms with Crippen molar-refractivity contribution in [3.8, 4) is 0 Å². The van der Waals surface area contributed by atoms with E-state index in [9.17, 15) is 4.79 Å². The monoisotopic (exact) mass is 226 g/mol. The Morgan fingerprint density at radius 2 is 1.89 bits per heavy atom. The Balaban J connectivity index is 3.60.